The van der Waals surface area contributed by atoms with E-state index in [1.165, 1.54) is 106 Å². The number of hydrogen-bond donors (Lipinski definition) is 0. The number of rotatable bonds is 8. The molecule has 0 aromatic rings. The highest BCUT2D eigenvalue weighted by atomic mass is 15.3. The van der Waals surface area contributed by atoms with Crippen LogP contribution in [-0.2, 0) is 0 Å². The van der Waals surface area contributed by atoms with E-state index in [2.05, 4.69) is 28.2 Å². The van der Waals surface area contributed by atoms with Crippen molar-refractivity contribution in [3.8, 4) is 0 Å². The number of hydrogen-bond acceptors (Lipinski definition) is 0. The van der Waals surface area contributed by atoms with Crippen LogP contribution in [0.15, 0.2) is 0 Å². The second kappa shape index (κ2) is 8.85. The number of unbranched alkanes of at least 4 members (excludes halogenated alkanes) is 2. The minimum Gasteiger partial charge on any atom is -0.326 e. The van der Waals surface area contributed by atoms with Gasteiger partial charge in [0.25, 0.3) is 0 Å². The molecule has 0 bridgehead atoms. The normalized spacial score (nSPS) is 22.4. The Bertz CT molecular complexity index is 291. The average molecular weight is 325 g/mol. The van der Waals surface area contributed by atoms with E-state index in [0.29, 0.717) is 0 Å². The topological polar surface area (TPSA) is 0 Å². The lowest BCUT2D eigenvalue weighted by Crippen LogP contribution is -2.51. The Labute approximate surface area is 146 Å². The van der Waals surface area contributed by atoms with E-state index in [-0.39, 0.29) is 0 Å². The molecule has 0 heterocycles. The average Bonchev–Trinajstić information content (AvgIpc) is 2.56. The lowest BCUT2D eigenvalue weighted by molar-refractivity contribution is -0.918. The van der Waals surface area contributed by atoms with Gasteiger partial charge in [-0.25, -0.2) is 0 Å². The van der Waals surface area contributed by atoms with Crippen molar-refractivity contribution in [2.24, 2.45) is 0 Å². The predicted octanol–water partition coefficient (Wildman–Crippen LogP) is 4.97. The van der Waals surface area contributed by atoms with Crippen LogP contribution in [0.25, 0.3) is 0 Å². The monoisotopic (exact) mass is 324 g/mol. The zero-order chi connectivity index (χ0) is 16.8. The van der Waals surface area contributed by atoms with Gasteiger partial charge in [0, 0.05) is 0 Å². The fraction of sp³-hybridized carbons (Fsp3) is 1.00. The molecule has 2 fully saturated rings. The summed E-state index contributed by atoms with van der Waals surface area (Å²) in [5, 5.41) is 0. The van der Waals surface area contributed by atoms with Crippen LogP contribution in [0.1, 0.15) is 83.5 Å². The Morgan fingerprint density at radius 3 is 1.22 bits per heavy atom. The van der Waals surface area contributed by atoms with Gasteiger partial charge in [-0.15, -0.1) is 0 Å². The molecule has 0 aromatic carbocycles. The molecule has 0 N–H and O–H groups in total. The maximum Gasteiger partial charge on any atom is 0.0886 e. The highest BCUT2D eigenvalue weighted by Crippen LogP contribution is 2.27. The van der Waals surface area contributed by atoms with E-state index in [9.17, 15) is 0 Å². The standard InChI is InChI=1S/C21H44N2/c1-22(2,20-14-8-5-9-15-20)18-12-7-13-19-23(3,4)21-16-10-6-11-17-21/h20-21H,5-19H2,1-4H3/q+2. The molecule has 0 spiro atoms. The first-order valence-corrected chi connectivity index (χ1v) is 10.6. The fourth-order valence-corrected chi connectivity index (χ4v) is 5.14. The summed E-state index contributed by atoms with van der Waals surface area (Å²) in [5.74, 6) is 0. The Morgan fingerprint density at radius 2 is 0.870 bits per heavy atom. The maximum atomic E-state index is 2.48. The van der Waals surface area contributed by atoms with E-state index in [4.69, 9.17) is 0 Å². The zero-order valence-electron chi connectivity index (χ0n) is 16.7. The molecular weight excluding hydrogens is 280 g/mol. The van der Waals surface area contributed by atoms with Gasteiger partial charge in [-0.2, -0.15) is 0 Å². The molecule has 2 rings (SSSR count). The molecule has 0 saturated heterocycles. The molecular formula is C21H44N2+2. The van der Waals surface area contributed by atoms with Crippen molar-refractivity contribution in [2.75, 3.05) is 41.3 Å². The molecule has 0 aliphatic heterocycles. The second-order valence-electron chi connectivity index (χ2n) is 9.65. The van der Waals surface area contributed by atoms with Crippen molar-refractivity contribution < 1.29 is 8.97 Å². The van der Waals surface area contributed by atoms with Crippen LogP contribution in [0.4, 0.5) is 0 Å². The van der Waals surface area contributed by atoms with E-state index < -0.39 is 0 Å². The summed E-state index contributed by atoms with van der Waals surface area (Å²) < 4.78 is 2.56. The molecule has 23 heavy (non-hydrogen) atoms. The SMILES string of the molecule is C[N+](C)(CCCCC[N+](C)(C)C1CCCCC1)C1CCCCC1. The van der Waals surface area contributed by atoms with E-state index in [0.717, 1.165) is 12.1 Å². The van der Waals surface area contributed by atoms with Crippen LogP contribution < -0.4 is 0 Å². The van der Waals surface area contributed by atoms with Gasteiger partial charge in [-0.05, 0) is 70.6 Å². The molecule has 0 aromatic heterocycles. The molecule has 2 aliphatic carbocycles. The summed E-state index contributed by atoms with van der Waals surface area (Å²) in [4.78, 5) is 0. The van der Waals surface area contributed by atoms with Crippen molar-refractivity contribution >= 4 is 0 Å². The Morgan fingerprint density at radius 1 is 0.522 bits per heavy atom. The molecule has 2 heteroatoms. The van der Waals surface area contributed by atoms with Crippen molar-refractivity contribution in [3.05, 3.63) is 0 Å². The van der Waals surface area contributed by atoms with Crippen LogP contribution in [-0.4, -0.2) is 62.3 Å². The highest BCUT2D eigenvalue weighted by Gasteiger charge is 2.30. The number of quaternary nitrogens is 2. The van der Waals surface area contributed by atoms with Crippen LogP contribution in [0.2, 0.25) is 0 Å². The largest absolute Gasteiger partial charge is 0.326 e. The summed E-state index contributed by atoms with van der Waals surface area (Å²) in [6.07, 6.45) is 19.0. The molecule has 136 valence electrons. The van der Waals surface area contributed by atoms with Crippen LogP contribution in [0, 0.1) is 0 Å². The van der Waals surface area contributed by atoms with Crippen molar-refractivity contribution in [3.63, 3.8) is 0 Å². The molecule has 2 nitrogen and oxygen atoms in total. The van der Waals surface area contributed by atoms with Gasteiger partial charge in [0.05, 0.1) is 53.4 Å². The smallest absolute Gasteiger partial charge is 0.0886 e. The molecule has 2 aliphatic rings. The summed E-state index contributed by atoms with van der Waals surface area (Å²) in [6.45, 7) is 2.78. The van der Waals surface area contributed by atoms with Gasteiger partial charge in [0.1, 0.15) is 0 Å². The van der Waals surface area contributed by atoms with Gasteiger partial charge in [0.15, 0.2) is 0 Å². The minimum atomic E-state index is 0.943. The molecule has 0 unspecified atom stereocenters. The molecule has 0 radical (unpaired) electrons. The molecule has 2 saturated carbocycles. The number of nitrogens with zero attached hydrogens (tertiary/aromatic N) is 2. The lowest BCUT2D eigenvalue weighted by atomic mass is 9.92. The third-order valence-corrected chi connectivity index (χ3v) is 7.10. The third kappa shape index (κ3) is 6.05. The quantitative estimate of drug-likeness (QED) is 0.436. The van der Waals surface area contributed by atoms with Crippen LogP contribution in [0.5, 0.6) is 0 Å². The van der Waals surface area contributed by atoms with Crippen molar-refractivity contribution in [1.82, 2.24) is 0 Å². The van der Waals surface area contributed by atoms with E-state index in [1.807, 2.05) is 0 Å². The summed E-state index contributed by atoms with van der Waals surface area (Å²) in [7, 11) is 9.94. The molecule has 0 amide bonds. The fourth-order valence-electron chi connectivity index (χ4n) is 5.14. The Hall–Kier alpha value is -0.0800. The first kappa shape index (κ1) is 19.2. The van der Waals surface area contributed by atoms with Gasteiger partial charge in [-0.1, -0.05) is 12.8 Å². The Balaban J connectivity index is 1.62. The second-order valence-corrected chi connectivity index (χ2v) is 9.65. The van der Waals surface area contributed by atoms with E-state index >= 15 is 0 Å². The summed E-state index contributed by atoms with van der Waals surface area (Å²) in [6, 6.07) is 1.89. The summed E-state index contributed by atoms with van der Waals surface area (Å²) >= 11 is 0. The lowest BCUT2D eigenvalue weighted by Gasteiger charge is -2.41. The van der Waals surface area contributed by atoms with Crippen molar-refractivity contribution in [2.45, 2.75) is 95.6 Å². The van der Waals surface area contributed by atoms with Crippen LogP contribution in [0.3, 0.4) is 0 Å². The highest BCUT2D eigenvalue weighted by molar-refractivity contribution is 4.67. The van der Waals surface area contributed by atoms with E-state index in [1.54, 1.807) is 0 Å². The van der Waals surface area contributed by atoms with Gasteiger partial charge < -0.3 is 8.97 Å². The van der Waals surface area contributed by atoms with Gasteiger partial charge in [-0.3, -0.25) is 0 Å². The zero-order valence-corrected chi connectivity index (χ0v) is 16.7. The Kier molecular flexibility index (Phi) is 7.41. The first-order chi connectivity index (χ1) is 10.9. The third-order valence-electron chi connectivity index (χ3n) is 7.10. The molecule has 0 atom stereocenters. The summed E-state index contributed by atoms with van der Waals surface area (Å²) in [5.41, 5.74) is 0. The van der Waals surface area contributed by atoms with Gasteiger partial charge >= 0.3 is 0 Å². The van der Waals surface area contributed by atoms with Crippen molar-refractivity contribution in [1.29, 1.82) is 0 Å². The first-order valence-electron chi connectivity index (χ1n) is 10.6. The predicted molar refractivity (Wildman–Crippen MR) is 102 cm³/mol. The van der Waals surface area contributed by atoms with Gasteiger partial charge in [0.2, 0.25) is 0 Å². The minimum absolute atomic E-state index is 0.943. The van der Waals surface area contributed by atoms with Crippen LogP contribution >= 0.6 is 0 Å². The maximum absolute atomic E-state index is 2.48.